The van der Waals surface area contributed by atoms with Crippen LogP contribution in [0.1, 0.15) is 19.0 Å². The molecule has 108 valence electrons. The van der Waals surface area contributed by atoms with Gasteiger partial charge in [0.15, 0.2) is 0 Å². The van der Waals surface area contributed by atoms with Crippen LogP contribution in [0.3, 0.4) is 0 Å². The monoisotopic (exact) mass is 278 g/mol. The number of aliphatic carboxylic acids is 1. The fraction of sp³-hybridized carbons (Fsp3) is 0.500. The Balaban J connectivity index is 1.87. The zero-order valence-electron chi connectivity index (χ0n) is 11.3. The van der Waals surface area contributed by atoms with Gasteiger partial charge in [0.25, 0.3) is 0 Å². The number of nitrogens with zero attached hydrogens (tertiary/aromatic N) is 1. The standard InChI is InChI=1S/C14H18N2O4/c1-14(13(18)19)9-20-8-11(14)16-12(17)6-5-10-4-2-3-7-15-10/h2-4,7,11H,5-6,8-9H2,1H3,(H,16,17)(H,18,19). The summed E-state index contributed by atoms with van der Waals surface area (Å²) < 4.78 is 5.19. The molecule has 0 bridgehead atoms. The number of carboxylic acid groups (broad SMARTS) is 1. The third-order valence-electron chi connectivity index (χ3n) is 3.61. The molecule has 0 radical (unpaired) electrons. The molecule has 1 aromatic rings. The highest BCUT2D eigenvalue weighted by atomic mass is 16.5. The minimum absolute atomic E-state index is 0.119. The van der Waals surface area contributed by atoms with Gasteiger partial charge in [-0.25, -0.2) is 0 Å². The van der Waals surface area contributed by atoms with Gasteiger partial charge < -0.3 is 15.2 Å². The van der Waals surface area contributed by atoms with Crippen LogP contribution in [0.4, 0.5) is 0 Å². The molecule has 1 aromatic heterocycles. The molecule has 2 atom stereocenters. The molecular weight excluding hydrogens is 260 g/mol. The highest BCUT2D eigenvalue weighted by molar-refractivity contribution is 5.80. The van der Waals surface area contributed by atoms with Gasteiger partial charge in [0, 0.05) is 18.3 Å². The number of amides is 1. The number of aromatic nitrogens is 1. The Morgan fingerprint density at radius 2 is 2.35 bits per heavy atom. The lowest BCUT2D eigenvalue weighted by atomic mass is 9.85. The van der Waals surface area contributed by atoms with E-state index in [1.807, 2.05) is 18.2 Å². The molecule has 0 saturated carbocycles. The predicted octanol–water partition coefficient (Wildman–Crippen LogP) is 0.620. The Kier molecular flexibility index (Phi) is 4.34. The normalized spacial score (nSPS) is 25.4. The molecule has 2 rings (SSSR count). The van der Waals surface area contributed by atoms with E-state index >= 15 is 0 Å². The first-order valence-electron chi connectivity index (χ1n) is 6.53. The second kappa shape index (κ2) is 6.00. The van der Waals surface area contributed by atoms with Crippen molar-refractivity contribution in [3.8, 4) is 0 Å². The molecule has 6 heteroatoms. The summed E-state index contributed by atoms with van der Waals surface area (Å²) in [7, 11) is 0. The lowest BCUT2D eigenvalue weighted by Gasteiger charge is -2.25. The number of carbonyl (C=O) groups excluding carboxylic acids is 1. The summed E-state index contributed by atoms with van der Waals surface area (Å²) in [6.07, 6.45) is 2.49. The van der Waals surface area contributed by atoms with Crippen molar-refractivity contribution in [2.45, 2.75) is 25.8 Å². The van der Waals surface area contributed by atoms with E-state index in [1.165, 1.54) is 0 Å². The molecule has 20 heavy (non-hydrogen) atoms. The number of ether oxygens (including phenoxy) is 1. The lowest BCUT2D eigenvalue weighted by Crippen LogP contribution is -2.49. The van der Waals surface area contributed by atoms with Crippen LogP contribution in [0.25, 0.3) is 0 Å². The van der Waals surface area contributed by atoms with Crippen LogP contribution < -0.4 is 5.32 Å². The quantitative estimate of drug-likeness (QED) is 0.824. The van der Waals surface area contributed by atoms with E-state index in [4.69, 9.17) is 4.74 Å². The number of carbonyl (C=O) groups is 2. The summed E-state index contributed by atoms with van der Waals surface area (Å²) in [5.41, 5.74) is -0.216. The summed E-state index contributed by atoms with van der Waals surface area (Å²) >= 11 is 0. The minimum atomic E-state index is -1.05. The second-order valence-corrected chi connectivity index (χ2v) is 5.18. The van der Waals surface area contributed by atoms with Crippen molar-refractivity contribution in [3.05, 3.63) is 30.1 Å². The zero-order valence-corrected chi connectivity index (χ0v) is 11.3. The molecule has 6 nitrogen and oxygen atoms in total. The van der Waals surface area contributed by atoms with Gasteiger partial charge in [-0.15, -0.1) is 0 Å². The van der Waals surface area contributed by atoms with Crippen LogP contribution in [-0.2, 0) is 20.7 Å². The van der Waals surface area contributed by atoms with Gasteiger partial charge in [0.05, 0.1) is 19.3 Å². The Bertz CT molecular complexity index is 491. The lowest BCUT2D eigenvalue weighted by molar-refractivity contribution is -0.149. The van der Waals surface area contributed by atoms with Gasteiger partial charge in [0.2, 0.25) is 5.91 Å². The summed E-state index contributed by atoms with van der Waals surface area (Å²) in [6, 6.07) is 5.05. The Labute approximate surface area is 117 Å². The molecular formula is C14H18N2O4. The first-order chi connectivity index (χ1) is 9.52. The van der Waals surface area contributed by atoms with E-state index in [-0.39, 0.29) is 25.5 Å². The summed E-state index contributed by atoms with van der Waals surface area (Å²) in [4.78, 5) is 27.3. The molecule has 0 aromatic carbocycles. The summed E-state index contributed by atoms with van der Waals surface area (Å²) in [5, 5.41) is 12.0. The van der Waals surface area contributed by atoms with E-state index < -0.39 is 17.4 Å². The smallest absolute Gasteiger partial charge is 0.313 e. The molecule has 1 saturated heterocycles. The van der Waals surface area contributed by atoms with Crippen molar-refractivity contribution in [1.82, 2.24) is 10.3 Å². The zero-order chi connectivity index (χ0) is 14.6. The molecule has 0 aliphatic carbocycles. The van der Waals surface area contributed by atoms with Crippen LogP contribution in [0, 0.1) is 5.41 Å². The largest absolute Gasteiger partial charge is 0.481 e. The van der Waals surface area contributed by atoms with Crippen LogP contribution in [-0.4, -0.2) is 41.2 Å². The maximum absolute atomic E-state index is 11.9. The first-order valence-corrected chi connectivity index (χ1v) is 6.53. The van der Waals surface area contributed by atoms with E-state index in [9.17, 15) is 14.7 Å². The van der Waals surface area contributed by atoms with E-state index in [0.717, 1.165) is 5.69 Å². The van der Waals surface area contributed by atoms with Gasteiger partial charge in [-0.2, -0.15) is 0 Å². The second-order valence-electron chi connectivity index (χ2n) is 5.18. The maximum atomic E-state index is 11.9. The fourth-order valence-electron chi connectivity index (χ4n) is 2.14. The minimum Gasteiger partial charge on any atom is -0.481 e. The number of aryl methyl sites for hydroxylation is 1. The summed E-state index contributed by atoms with van der Waals surface area (Å²) in [6.45, 7) is 1.94. The van der Waals surface area contributed by atoms with Gasteiger partial charge in [-0.05, 0) is 25.5 Å². The molecule has 2 N–H and O–H groups in total. The number of pyridine rings is 1. The average Bonchev–Trinajstić information content (AvgIpc) is 2.80. The summed E-state index contributed by atoms with van der Waals surface area (Å²) in [5.74, 6) is -1.14. The average molecular weight is 278 g/mol. The van der Waals surface area contributed by atoms with Crippen molar-refractivity contribution in [2.75, 3.05) is 13.2 Å². The molecule has 1 aliphatic rings. The predicted molar refractivity (Wildman–Crippen MR) is 71.1 cm³/mol. The first kappa shape index (κ1) is 14.5. The highest BCUT2D eigenvalue weighted by Gasteiger charge is 2.47. The number of nitrogens with one attached hydrogen (secondary N) is 1. The van der Waals surface area contributed by atoms with Crippen LogP contribution in [0.2, 0.25) is 0 Å². The highest BCUT2D eigenvalue weighted by Crippen LogP contribution is 2.28. The van der Waals surface area contributed by atoms with Crippen molar-refractivity contribution in [1.29, 1.82) is 0 Å². The topological polar surface area (TPSA) is 88.5 Å². The number of hydrogen-bond acceptors (Lipinski definition) is 4. The molecule has 1 aliphatic heterocycles. The van der Waals surface area contributed by atoms with Crippen molar-refractivity contribution in [2.24, 2.45) is 5.41 Å². The van der Waals surface area contributed by atoms with Crippen molar-refractivity contribution in [3.63, 3.8) is 0 Å². The number of rotatable bonds is 5. The van der Waals surface area contributed by atoms with E-state index in [1.54, 1.807) is 13.1 Å². The molecule has 2 unspecified atom stereocenters. The van der Waals surface area contributed by atoms with Gasteiger partial charge >= 0.3 is 5.97 Å². The number of carboxylic acids is 1. The third-order valence-corrected chi connectivity index (χ3v) is 3.61. The van der Waals surface area contributed by atoms with Crippen LogP contribution in [0.15, 0.2) is 24.4 Å². The van der Waals surface area contributed by atoms with Crippen molar-refractivity contribution >= 4 is 11.9 Å². The van der Waals surface area contributed by atoms with Crippen LogP contribution in [0.5, 0.6) is 0 Å². The molecule has 1 amide bonds. The Morgan fingerprint density at radius 1 is 1.55 bits per heavy atom. The van der Waals surface area contributed by atoms with Gasteiger partial charge in [-0.1, -0.05) is 6.07 Å². The number of hydrogen-bond donors (Lipinski definition) is 2. The van der Waals surface area contributed by atoms with Crippen LogP contribution >= 0.6 is 0 Å². The fourth-order valence-corrected chi connectivity index (χ4v) is 2.14. The van der Waals surface area contributed by atoms with E-state index in [0.29, 0.717) is 6.42 Å². The van der Waals surface area contributed by atoms with Gasteiger partial charge in [-0.3, -0.25) is 14.6 Å². The van der Waals surface area contributed by atoms with E-state index in [2.05, 4.69) is 10.3 Å². The Morgan fingerprint density at radius 3 is 3.00 bits per heavy atom. The Hall–Kier alpha value is -1.95. The SMILES string of the molecule is CC1(C(=O)O)COCC1NC(=O)CCc1ccccn1. The molecule has 1 fully saturated rings. The van der Waals surface area contributed by atoms with Crippen molar-refractivity contribution < 1.29 is 19.4 Å². The van der Waals surface area contributed by atoms with Gasteiger partial charge in [0.1, 0.15) is 5.41 Å². The molecule has 0 spiro atoms. The molecule has 2 heterocycles. The third kappa shape index (κ3) is 3.14. The maximum Gasteiger partial charge on any atom is 0.313 e.